The SMILES string of the molecule is CCOc1ccc(-c2cc3c(cc2F)C(OC(N)=O)C(C)(C)CO3)cc1. The van der Waals surface area contributed by atoms with Crippen molar-refractivity contribution in [1.29, 1.82) is 0 Å². The molecule has 5 nitrogen and oxygen atoms in total. The number of halogens is 1. The monoisotopic (exact) mass is 359 g/mol. The molecule has 1 heterocycles. The van der Waals surface area contributed by atoms with Crippen LogP contribution in [-0.4, -0.2) is 19.3 Å². The summed E-state index contributed by atoms with van der Waals surface area (Å²) in [6.07, 6.45) is -1.57. The lowest BCUT2D eigenvalue weighted by Gasteiger charge is -2.38. The largest absolute Gasteiger partial charge is 0.494 e. The summed E-state index contributed by atoms with van der Waals surface area (Å²) < 4.78 is 31.3. The van der Waals surface area contributed by atoms with Crippen LogP contribution in [0, 0.1) is 11.2 Å². The van der Waals surface area contributed by atoms with Gasteiger partial charge in [0.15, 0.2) is 0 Å². The first-order valence-electron chi connectivity index (χ1n) is 8.47. The van der Waals surface area contributed by atoms with E-state index in [1.807, 2.05) is 20.8 Å². The third-order valence-electron chi connectivity index (χ3n) is 4.40. The van der Waals surface area contributed by atoms with Crippen molar-refractivity contribution < 1.29 is 23.4 Å². The second kappa shape index (κ2) is 6.86. The predicted molar refractivity (Wildman–Crippen MR) is 95.7 cm³/mol. The number of hydrogen-bond acceptors (Lipinski definition) is 4. The van der Waals surface area contributed by atoms with E-state index in [2.05, 4.69) is 0 Å². The molecule has 138 valence electrons. The van der Waals surface area contributed by atoms with Crippen molar-refractivity contribution in [1.82, 2.24) is 0 Å². The van der Waals surface area contributed by atoms with Gasteiger partial charge in [0.1, 0.15) is 23.4 Å². The van der Waals surface area contributed by atoms with E-state index in [9.17, 15) is 9.18 Å². The number of nitrogens with two attached hydrogens (primary N) is 1. The summed E-state index contributed by atoms with van der Waals surface area (Å²) in [5.74, 6) is 0.788. The smallest absolute Gasteiger partial charge is 0.405 e. The highest BCUT2D eigenvalue weighted by Gasteiger charge is 2.41. The first-order valence-corrected chi connectivity index (χ1v) is 8.47. The summed E-state index contributed by atoms with van der Waals surface area (Å²) >= 11 is 0. The Balaban J connectivity index is 2.00. The Morgan fingerprint density at radius 1 is 1.31 bits per heavy atom. The van der Waals surface area contributed by atoms with Gasteiger partial charge >= 0.3 is 6.09 Å². The Morgan fingerprint density at radius 3 is 2.62 bits per heavy atom. The highest BCUT2D eigenvalue weighted by atomic mass is 19.1. The van der Waals surface area contributed by atoms with E-state index >= 15 is 0 Å². The van der Waals surface area contributed by atoms with Crippen molar-refractivity contribution in [2.24, 2.45) is 11.1 Å². The Bertz CT molecular complexity index is 817. The first-order chi connectivity index (χ1) is 12.3. The Labute approximate surface area is 151 Å². The van der Waals surface area contributed by atoms with E-state index in [0.29, 0.717) is 35.7 Å². The molecular formula is C20H22FNO4. The molecule has 0 fully saturated rings. The second-order valence-corrected chi connectivity index (χ2v) is 6.92. The number of ether oxygens (including phenoxy) is 3. The van der Waals surface area contributed by atoms with E-state index < -0.39 is 23.4 Å². The van der Waals surface area contributed by atoms with Crippen LogP contribution in [0.15, 0.2) is 36.4 Å². The van der Waals surface area contributed by atoms with Crippen LogP contribution >= 0.6 is 0 Å². The molecule has 6 heteroatoms. The second-order valence-electron chi connectivity index (χ2n) is 6.92. The molecule has 2 aromatic rings. The van der Waals surface area contributed by atoms with Gasteiger partial charge in [-0.05, 0) is 36.8 Å². The first kappa shape index (κ1) is 18.0. The van der Waals surface area contributed by atoms with Gasteiger partial charge in [0.2, 0.25) is 0 Å². The van der Waals surface area contributed by atoms with E-state index in [1.54, 1.807) is 30.3 Å². The fraction of sp³-hybridized carbons (Fsp3) is 0.350. The number of carbonyl (C=O) groups is 1. The van der Waals surface area contributed by atoms with Crippen molar-refractivity contribution in [3.05, 3.63) is 47.8 Å². The molecule has 1 amide bonds. The number of hydrogen-bond donors (Lipinski definition) is 1. The molecule has 2 aromatic carbocycles. The minimum absolute atomic E-state index is 0.326. The number of rotatable bonds is 4. The summed E-state index contributed by atoms with van der Waals surface area (Å²) in [7, 11) is 0. The van der Waals surface area contributed by atoms with Gasteiger partial charge in [-0.15, -0.1) is 0 Å². The molecule has 1 unspecified atom stereocenters. The molecule has 2 N–H and O–H groups in total. The third-order valence-corrected chi connectivity index (χ3v) is 4.40. The van der Waals surface area contributed by atoms with Crippen LogP contribution in [0.1, 0.15) is 32.4 Å². The lowest BCUT2D eigenvalue weighted by atomic mass is 9.80. The van der Waals surface area contributed by atoms with Gasteiger partial charge in [0.25, 0.3) is 0 Å². The summed E-state index contributed by atoms with van der Waals surface area (Å²) in [5, 5.41) is 0. The molecule has 0 aromatic heterocycles. The average molecular weight is 359 g/mol. The van der Waals surface area contributed by atoms with Crippen molar-refractivity contribution in [2.45, 2.75) is 26.9 Å². The van der Waals surface area contributed by atoms with Crippen LogP contribution < -0.4 is 15.2 Å². The molecule has 1 atom stereocenters. The normalized spacial score (nSPS) is 17.8. The maximum atomic E-state index is 14.8. The zero-order valence-corrected chi connectivity index (χ0v) is 15.0. The molecule has 0 saturated heterocycles. The van der Waals surface area contributed by atoms with Gasteiger partial charge in [-0.25, -0.2) is 9.18 Å². The maximum absolute atomic E-state index is 14.8. The number of fused-ring (bicyclic) bond motifs is 1. The Morgan fingerprint density at radius 2 is 2.00 bits per heavy atom. The van der Waals surface area contributed by atoms with Crippen molar-refractivity contribution >= 4 is 6.09 Å². The van der Waals surface area contributed by atoms with E-state index in [1.165, 1.54) is 6.07 Å². The average Bonchev–Trinajstić information content (AvgIpc) is 2.58. The van der Waals surface area contributed by atoms with Crippen molar-refractivity contribution in [3.63, 3.8) is 0 Å². The predicted octanol–water partition coefficient (Wildman–Crippen LogP) is 4.45. The van der Waals surface area contributed by atoms with Crippen LogP contribution in [-0.2, 0) is 4.74 Å². The van der Waals surface area contributed by atoms with Crippen LogP contribution in [0.2, 0.25) is 0 Å². The lowest BCUT2D eigenvalue weighted by molar-refractivity contribution is -0.0178. The minimum Gasteiger partial charge on any atom is -0.494 e. The highest BCUT2D eigenvalue weighted by Crippen LogP contribution is 2.46. The minimum atomic E-state index is -0.896. The lowest BCUT2D eigenvalue weighted by Crippen LogP contribution is -2.37. The molecule has 0 spiro atoms. The third kappa shape index (κ3) is 3.45. The number of amides is 1. The molecule has 0 saturated carbocycles. The molecule has 0 bridgehead atoms. The van der Waals surface area contributed by atoms with Gasteiger partial charge in [0.05, 0.1) is 13.2 Å². The van der Waals surface area contributed by atoms with Gasteiger partial charge in [-0.1, -0.05) is 26.0 Å². The summed E-state index contributed by atoms with van der Waals surface area (Å²) in [6, 6.07) is 10.2. The Kier molecular flexibility index (Phi) is 4.76. The fourth-order valence-electron chi connectivity index (χ4n) is 3.12. The van der Waals surface area contributed by atoms with Crippen molar-refractivity contribution in [3.8, 4) is 22.6 Å². The van der Waals surface area contributed by atoms with Crippen LogP contribution in [0.4, 0.5) is 9.18 Å². The van der Waals surface area contributed by atoms with E-state index in [0.717, 1.165) is 5.75 Å². The summed E-state index contributed by atoms with van der Waals surface area (Å²) in [6.45, 7) is 6.55. The van der Waals surface area contributed by atoms with Crippen LogP contribution in [0.3, 0.4) is 0 Å². The highest BCUT2D eigenvalue weighted by molar-refractivity contribution is 5.69. The summed E-state index contributed by atoms with van der Waals surface area (Å²) in [5.41, 5.74) is 6.26. The van der Waals surface area contributed by atoms with Gasteiger partial charge in [-0.2, -0.15) is 0 Å². The van der Waals surface area contributed by atoms with Gasteiger partial charge in [0, 0.05) is 16.5 Å². The zero-order chi connectivity index (χ0) is 18.9. The fourth-order valence-corrected chi connectivity index (χ4v) is 3.12. The van der Waals surface area contributed by atoms with E-state index in [4.69, 9.17) is 19.9 Å². The van der Waals surface area contributed by atoms with Gasteiger partial charge < -0.3 is 19.9 Å². The molecule has 26 heavy (non-hydrogen) atoms. The topological polar surface area (TPSA) is 70.8 Å². The number of benzene rings is 2. The molecule has 1 aliphatic heterocycles. The number of primary amides is 1. The Hall–Kier alpha value is -2.76. The van der Waals surface area contributed by atoms with Crippen LogP contribution in [0.5, 0.6) is 11.5 Å². The number of carbonyl (C=O) groups excluding carboxylic acids is 1. The molecule has 3 rings (SSSR count). The molecule has 0 aliphatic carbocycles. The summed E-state index contributed by atoms with van der Waals surface area (Å²) in [4.78, 5) is 11.3. The van der Waals surface area contributed by atoms with Gasteiger partial charge in [-0.3, -0.25) is 0 Å². The van der Waals surface area contributed by atoms with E-state index in [-0.39, 0.29) is 0 Å². The maximum Gasteiger partial charge on any atom is 0.405 e. The van der Waals surface area contributed by atoms with Crippen molar-refractivity contribution in [2.75, 3.05) is 13.2 Å². The zero-order valence-electron chi connectivity index (χ0n) is 15.0. The van der Waals surface area contributed by atoms with Crippen LogP contribution in [0.25, 0.3) is 11.1 Å². The molecular weight excluding hydrogens is 337 g/mol. The quantitative estimate of drug-likeness (QED) is 0.876. The standard InChI is InChI=1S/C20H22FNO4/c1-4-24-13-7-5-12(6-8-13)14-10-17-15(9-16(14)21)18(26-19(22)23)20(2,3)11-25-17/h5-10,18H,4,11H2,1-3H3,(H2,22,23). The molecule has 1 aliphatic rings. The molecule has 0 radical (unpaired) electrons.